The molecule has 0 spiro atoms. The summed E-state index contributed by atoms with van der Waals surface area (Å²) < 4.78 is 19.0. The lowest BCUT2D eigenvalue weighted by molar-refractivity contribution is -0.672. The number of hydrogen-bond acceptors (Lipinski definition) is 14. The van der Waals surface area contributed by atoms with Crippen molar-refractivity contribution in [1.82, 2.24) is 35.5 Å². The first-order chi connectivity index (χ1) is 31.3. The molecule has 2 fully saturated rings. The average molecular weight is 958 g/mol. The molecule has 2 atom stereocenters. The van der Waals surface area contributed by atoms with Crippen molar-refractivity contribution in [2.75, 3.05) is 5.32 Å². The summed E-state index contributed by atoms with van der Waals surface area (Å²) in [7, 11) is 1.89. The number of rotatable bonds is 16. The molecule has 1 aliphatic carbocycles. The molecular weight excluding hydrogens is 904 g/mol. The van der Waals surface area contributed by atoms with E-state index in [1.165, 1.54) is 21.3 Å². The summed E-state index contributed by atoms with van der Waals surface area (Å²) in [4.78, 5) is 80.2. The third kappa shape index (κ3) is 13.3. The van der Waals surface area contributed by atoms with Crippen LogP contribution in [0.15, 0.2) is 102 Å². The number of halogens is 1. The minimum atomic E-state index is -1.50. The van der Waals surface area contributed by atoms with Crippen molar-refractivity contribution in [2.45, 2.75) is 109 Å². The second-order valence-electron chi connectivity index (χ2n) is 18.0. The van der Waals surface area contributed by atoms with Crippen LogP contribution in [0.1, 0.15) is 88.6 Å². The van der Waals surface area contributed by atoms with Gasteiger partial charge in [-0.1, -0.05) is 65.8 Å². The Morgan fingerprint density at radius 1 is 0.955 bits per heavy atom. The summed E-state index contributed by atoms with van der Waals surface area (Å²) in [6.07, 6.45) is 3.80. The highest BCUT2D eigenvalue weighted by atomic mass is 35.5. The molecule has 0 unspecified atom stereocenters. The van der Waals surface area contributed by atoms with Gasteiger partial charge in [0.1, 0.15) is 35.7 Å². The molecule has 19 nitrogen and oxygen atoms in total. The Balaban J connectivity index is 0.00000741. The van der Waals surface area contributed by atoms with Crippen LogP contribution in [0.25, 0.3) is 0 Å². The number of carbonyl (C=O) groups is 5. The van der Waals surface area contributed by atoms with Gasteiger partial charge in [0.15, 0.2) is 29.3 Å². The maximum absolute atomic E-state index is 14.2. The summed E-state index contributed by atoms with van der Waals surface area (Å²) in [5.41, 5.74) is -0.550. The number of β-lactam (4-membered cyclic amide) rings is 1. The van der Waals surface area contributed by atoms with Gasteiger partial charge in [0, 0.05) is 29.9 Å². The van der Waals surface area contributed by atoms with Crippen molar-refractivity contribution in [3.05, 3.63) is 125 Å². The highest BCUT2D eigenvalue weighted by molar-refractivity contribution is 7.14. The fourth-order valence-corrected chi connectivity index (χ4v) is 7.40. The second kappa shape index (κ2) is 20.7. The first-order valence-electron chi connectivity index (χ1n) is 21.3. The first kappa shape index (κ1) is 49.5. The number of nitrogens with zero attached hydrogens (tertiary/aromatic N) is 7. The van der Waals surface area contributed by atoms with E-state index in [1.807, 2.05) is 96.8 Å². The zero-order valence-corrected chi connectivity index (χ0v) is 39.7. The van der Waals surface area contributed by atoms with Gasteiger partial charge in [0.25, 0.3) is 5.91 Å². The third-order valence-electron chi connectivity index (χ3n) is 10.0. The van der Waals surface area contributed by atoms with Gasteiger partial charge in [-0.15, -0.1) is 11.3 Å². The Morgan fingerprint density at radius 3 is 2.21 bits per heavy atom. The van der Waals surface area contributed by atoms with E-state index in [1.54, 1.807) is 41.5 Å². The van der Waals surface area contributed by atoms with Crippen LogP contribution in [-0.4, -0.2) is 89.4 Å². The molecule has 1 saturated carbocycles. The van der Waals surface area contributed by atoms with Crippen LogP contribution in [0.5, 0.6) is 0 Å². The van der Waals surface area contributed by atoms with E-state index in [0.29, 0.717) is 5.69 Å². The van der Waals surface area contributed by atoms with Crippen LogP contribution in [0.2, 0.25) is 0 Å². The quantitative estimate of drug-likeness (QED) is 0.0324. The van der Waals surface area contributed by atoms with Crippen LogP contribution in [-0.2, 0) is 60.1 Å². The molecule has 0 bridgehead atoms. The zero-order chi connectivity index (χ0) is 47.2. The van der Waals surface area contributed by atoms with E-state index in [0.717, 1.165) is 28.0 Å². The molecule has 354 valence electrons. The van der Waals surface area contributed by atoms with Crippen molar-refractivity contribution in [1.29, 1.82) is 0 Å². The zero-order valence-electron chi connectivity index (χ0n) is 38.1. The lowest BCUT2D eigenvalue weighted by Crippen LogP contribution is -3.00. The summed E-state index contributed by atoms with van der Waals surface area (Å²) >= 11 is 0.998. The summed E-state index contributed by atoms with van der Waals surface area (Å²) in [6, 6.07) is 20.6. The highest BCUT2D eigenvalue weighted by Gasteiger charge is 2.56. The van der Waals surface area contributed by atoms with Crippen LogP contribution in [0.3, 0.4) is 0 Å². The van der Waals surface area contributed by atoms with Gasteiger partial charge >= 0.3 is 18.2 Å². The number of benzene rings is 2. The molecule has 3 aromatic heterocycles. The lowest BCUT2D eigenvalue weighted by Gasteiger charge is -2.36. The van der Waals surface area contributed by atoms with E-state index in [4.69, 9.17) is 19.0 Å². The van der Waals surface area contributed by atoms with Crippen LogP contribution < -0.4 is 32.9 Å². The maximum Gasteiger partial charge on any atom is 0.413 e. The highest BCUT2D eigenvalue weighted by Crippen LogP contribution is 2.43. The number of aryl methyl sites for hydroxylation is 1. The molecule has 21 heteroatoms. The maximum atomic E-state index is 14.2. The Kier molecular flexibility index (Phi) is 15.3. The molecule has 2 aromatic carbocycles. The number of thiazole rings is 1. The van der Waals surface area contributed by atoms with Gasteiger partial charge in [0.2, 0.25) is 11.5 Å². The van der Waals surface area contributed by atoms with Crippen molar-refractivity contribution in [3.8, 4) is 0 Å². The Bertz CT molecular complexity index is 2550. The number of aromatic nitrogens is 5. The van der Waals surface area contributed by atoms with E-state index < -0.39 is 65.0 Å². The van der Waals surface area contributed by atoms with Crippen molar-refractivity contribution >= 4 is 52.2 Å². The monoisotopic (exact) mass is 956 g/mol. The topological polar surface area (TPSA) is 221 Å². The molecule has 67 heavy (non-hydrogen) atoms. The molecule has 7 rings (SSSR count). The van der Waals surface area contributed by atoms with Gasteiger partial charge < -0.3 is 42.1 Å². The van der Waals surface area contributed by atoms with Crippen LogP contribution in [0, 0.1) is 0 Å². The number of esters is 1. The molecule has 3 N–H and O–H groups in total. The number of amides is 4. The normalized spacial score (nSPS) is 16.4. The number of carbonyl (C=O) groups excluding carboxylic acids is 5. The van der Waals surface area contributed by atoms with Gasteiger partial charge in [-0.25, -0.2) is 23.9 Å². The molecular formula is C46H53ClN10O9S. The fourth-order valence-electron chi connectivity index (χ4n) is 6.72. The average Bonchev–Trinajstić information content (AvgIpc) is 3.69. The van der Waals surface area contributed by atoms with Crippen molar-refractivity contribution in [3.63, 3.8) is 0 Å². The van der Waals surface area contributed by atoms with Crippen molar-refractivity contribution in [2.24, 2.45) is 12.2 Å². The molecule has 1 saturated heterocycles. The summed E-state index contributed by atoms with van der Waals surface area (Å²) in [6.45, 7) is 10.9. The van der Waals surface area contributed by atoms with E-state index in [-0.39, 0.29) is 61.4 Å². The van der Waals surface area contributed by atoms with E-state index in [9.17, 15) is 24.0 Å². The van der Waals surface area contributed by atoms with Crippen LogP contribution in [0.4, 0.5) is 14.7 Å². The number of nitrogens with one attached hydrogen (secondary N) is 3. The Hall–Kier alpha value is -6.93. The molecule has 2 aliphatic rings. The van der Waals surface area contributed by atoms with Gasteiger partial charge in [-0.2, -0.15) is 15.0 Å². The number of pyridine rings is 1. The van der Waals surface area contributed by atoms with E-state index in [2.05, 4.69) is 36.3 Å². The molecule has 4 heterocycles. The largest absolute Gasteiger partial charge is 1.00 e. The van der Waals surface area contributed by atoms with E-state index >= 15 is 0 Å². The van der Waals surface area contributed by atoms with Gasteiger partial charge in [-0.05, 0) is 58.7 Å². The predicted octanol–water partition coefficient (Wildman–Crippen LogP) is 2.12. The second-order valence-corrected chi connectivity index (χ2v) is 18.8. The van der Waals surface area contributed by atoms with Gasteiger partial charge in [-0.3, -0.25) is 19.8 Å². The Morgan fingerprint density at radius 2 is 1.61 bits per heavy atom. The SMILES string of the molecule is C[n+]1cccc(CN(Cc2cnn(C[C@H]3NC(=O)[C@H]3NC(=O)/C(=N/OC3(C(=O)OC(c4ccccc4)c4ccccc4)CC3)c3csc(NC(=O)OC(C)(C)C)n3)n2)C(=O)OC(C)(C)C)c1.[Cl-]. The summed E-state index contributed by atoms with van der Waals surface area (Å²) in [5, 5.41) is 22.8. The third-order valence-corrected chi connectivity index (χ3v) is 10.8. The number of ether oxygens (including phenoxy) is 3. The molecule has 5 aromatic rings. The Labute approximate surface area is 397 Å². The fraction of sp³-hybridized carbons (Fsp3) is 0.391. The minimum Gasteiger partial charge on any atom is -1.00 e. The standard InChI is InChI=1S/C46H52N10O9S.ClH/c1-44(2,3)63-42(60)51-41-49-34(28-66-41)36(53-65-46(20-21-46)40(59)62-37(30-16-10-8-11-17-30)31-18-12-9-13-19-31)39(58)50-35-33(48-38(35)57)27-56-47-23-32(52-56)26-55(43(61)64-45(4,5)6)25-29-15-14-22-54(7)24-29;/h8-19,22-24,28,33,35,37H,20-21,25-27H2,1-7H3,(H2-,48,49,50,51,57,58,60);1H/b53-36+;/t33-,35+;/m1./s1. The number of hydrogen-bond donors (Lipinski definition) is 3. The molecule has 4 amide bonds. The van der Waals surface area contributed by atoms with Crippen LogP contribution >= 0.6 is 11.3 Å². The van der Waals surface area contributed by atoms with Gasteiger partial charge in [0.05, 0.1) is 31.9 Å². The number of anilines is 1. The first-order valence-corrected chi connectivity index (χ1v) is 22.2. The molecule has 0 radical (unpaired) electrons. The predicted molar refractivity (Wildman–Crippen MR) is 239 cm³/mol. The molecule has 1 aliphatic heterocycles. The van der Waals surface area contributed by atoms with Crippen molar-refractivity contribution < 1.29 is 60.0 Å². The minimum absolute atomic E-state index is 0. The smallest absolute Gasteiger partial charge is 0.413 e. The lowest BCUT2D eigenvalue weighted by atomic mass is 9.98. The number of oxime groups is 1. The summed E-state index contributed by atoms with van der Waals surface area (Å²) in [5.74, 6) is -2.00.